The Kier molecular flexibility index (Phi) is 4.24. The first-order chi connectivity index (χ1) is 10.1. The molecule has 1 amide bonds. The number of carbonyl (C=O) groups is 1. The van der Waals surface area contributed by atoms with Crippen molar-refractivity contribution in [2.75, 3.05) is 19.6 Å². The summed E-state index contributed by atoms with van der Waals surface area (Å²) in [6.45, 7) is 7.68. The molecule has 2 aliphatic heterocycles. The Morgan fingerprint density at radius 1 is 1.29 bits per heavy atom. The van der Waals surface area contributed by atoms with Gasteiger partial charge in [-0.15, -0.1) is 10.2 Å². The molecule has 1 unspecified atom stereocenters. The normalized spacial score (nSPS) is 24.2. The second-order valence-electron chi connectivity index (χ2n) is 6.41. The smallest absolute Gasteiger partial charge is 0.230 e. The average Bonchev–Trinajstić information content (AvgIpc) is 3.08. The van der Waals surface area contributed by atoms with Crippen LogP contribution in [0.1, 0.15) is 57.2 Å². The fraction of sp³-hybridized carbons (Fsp3) is 0.800. The molecule has 0 aliphatic carbocycles. The third-order valence-corrected chi connectivity index (χ3v) is 4.37. The Hall–Kier alpha value is -1.43. The molecular weight excluding hydrogens is 268 g/mol. The number of amides is 1. The predicted molar refractivity (Wildman–Crippen MR) is 77.6 cm³/mol. The largest absolute Gasteiger partial charge is 0.424 e. The second-order valence-corrected chi connectivity index (χ2v) is 6.41. The summed E-state index contributed by atoms with van der Waals surface area (Å²) in [5.41, 5.74) is 0. The van der Waals surface area contributed by atoms with E-state index in [0.717, 1.165) is 45.3 Å². The molecule has 3 rings (SSSR count). The molecule has 1 aromatic heterocycles. The van der Waals surface area contributed by atoms with Gasteiger partial charge in [-0.3, -0.25) is 9.69 Å². The molecule has 1 atom stereocenters. The van der Waals surface area contributed by atoms with Crippen LogP contribution in [-0.4, -0.2) is 51.6 Å². The predicted octanol–water partition coefficient (Wildman–Crippen LogP) is 1.78. The Labute approximate surface area is 125 Å². The first-order valence-electron chi connectivity index (χ1n) is 7.97. The molecule has 6 heteroatoms. The number of aromatic nitrogens is 2. The molecule has 0 aromatic carbocycles. The number of hydrogen-bond donors (Lipinski definition) is 0. The Morgan fingerprint density at radius 3 is 2.81 bits per heavy atom. The molecule has 0 bridgehead atoms. The van der Waals surface area contributed by atoms with Crippen LogP contribution in [0.25, 0.3) is 0 Å². The highest BCUT2D eigenvalue weighted by Gasteiger charge is 2.31. The number of hydrogen-bond acceptors (Lipinski definition) is 5. The molecule has 21 heavy (non-hydrogen) atoms. The van der Waals surface area contributed by atoms with Crippen LogP contribution in [0.5, 0.6) is 0 Å². The van der Waals surface area contributed by atoms with E-state index in [4.69, 9.17) is 4.42 Å². The van der Waals surface area contributed by atoms with E-state index in [1.807, 2.05) is 13.8 Å². The van der Waals surface area contributed by atoms with Crippen LogP contribution in [-0.2, 0) is 11.3 Å². The quantitative estimate of drug-likeness (QED) is 0.846. The first-order valence-corrected chi connectivity index (χ1v) is 7.97. The fourth-order valence-electron chi connectivity index (χ4n) is 3.24. The molecule has 1 aromatic rings. The van der Waals surface area contributed by atoms with Gasteiger partial charge < -0.3 is 9.32 Å². The summed E-state index contributed by atoms with van der Waals surface area (Å²) in [5, 5.41) is 8.21. The Bertz CT molecular complexity index is 500. The van der Waals surface area contributed by atoms with Crippen LogP contribution >= 0.6 is 0 Å². The number of piperidine rings is 1. The molecule has 2 fully saturated rings. The molecule has 0 radical (unpaired) electrons. The third kappa shape index (κ3) is 3.26. The zero-order valence-electron chi connectivity index (χ0n) is 12.9. The highest BCUT2D eigenvalue weighted by molar-refractivity contribution is 5.78. The highest BCUT2D eigenvalue weighted by atomic mass is 16.4. The molecule has 2 saturated heterocycles. The molecular formula is C15H24N4O2. The van der Waals surface area contributed by atoms with E-state index in [2.05, 4.69) is 20.0 Å². The van der Waals surface area contributed by atoms with Crippen molar-refractivity contribution in [3.05, 3.63) is 11.8 Å². The van der Waals surface area contributed by atoms with E-state index in [1.54, 1.807) is 0 Å². The van der Waals surface area contributed by atoms with Crippen molar-refractivity contribution in [1.29, 1.82) is 0 Å². The fourth-order valence-corrected chi connectivity index (χ4v) is 3.24. The molecule has 6 nitrogen and oxygen atoms in total. The highest BCUT2D eigenvalue weighted by Crippen LogP contribution is 2.22. The maximum atomic E-state index is 11.9. The van der Waals surface area contributed by atoms with Gasteiger partial charge in [0, 0.05) is 31.5 Å². The minimum absolute atomic E-state index is 0.266. The molecule has 0 spiro atoms. The summed E-state index contributed by atoms with van der Waals surface area (Å²) in [4.78, 5) is 16.3. The SMILES string of the molecule is CC(C)c1nnc(CN2CCCC(N3CCCC3=O)C2)o1. The first kappa shape index (κ1) is 14.5. The summed E-state index contributed by atoms with van der Waals surface area (Å²) in [6.07, 6.45) is 3.97. The van der Waals surface area contributed by atoms with Gasteiger partial charge in [0.2, 0.25) is 17.7 Å². The van der Waals surface area contributed by atoms with E-state index < -0.39 is 0 Å². The minimum atomic E-state index is 0.266. The van der Waals surface area contributed by atoms with Crippen molar-refractivity contribution >= 4 is 5.91 Å². The summed E-state index contributed by atoms with van der Waals surface area (Å²) in [6, 6.07) is 0.362. The van der Waals surface area contributed by atoms with E-state index >= 15 is 0 Å². The summed E-state index contributed by atoms with van der Waals surface area (Å²) in [5.74, 6) is 1.98. The Morgan fingerprint density at radius 2 is 2.14 bits per heavy atom. The van der Waals surface area contributed by atoms with Gasteiger partial charge in [-0.05, 0) is 25.8 Å². The standard InChI is InChI=1S/C15H24N4O2/c1-11(2)15-17-16-13(21-15)10-18-7-3-5-12(9-18)19-8-4-6-14(19)20/h11-12H,3-10H2,1-2H3. The van der Waals surface area contributed by atoms with Crippen molar-refractivity contribution < 1.29 is 9.21 Å². The van der Waals surface area contributed by atoms with Gasteiger partial charge in [0.1, 0.15) is 0 Å². The van der Waals surface area contributed by atoms with E-state index in [-0.39, 0.29) is 5.92 Å². The van der Waals surface area contributed by atoms with Gasteiger partial charge in [0.15, 0.2) is 0 Å². The molecule has 0 saturated carbocycles. The second kappa shape index (κ2) is 6.13. The third-order valence-electron chi connectivity index (χ3n) is 4.37. The molecule has 2 aliphatic rings. The van der Waals surface area contributed by atoms with Crippen molar-refractivity contribution in [1.82, 2.24) is 20.0 Å². The monoisotopic (exact) mass is 292 g/mol. The van der Waals surface area contributed by atoms with Crippen LogP contribution in [0.4, 0.5) is 0 Å². The minimum Gasteiger partial charge on any atom is -0.424 e. The van der Waals surface area contributed by atoms with E-state index in [0.29, 0.717) is 30.3 Å². The summed E-state index contributed by atoms with van der Waals surface area (Å²) >= 11 is 0. The topological polar surface area (TPSA) is 62.5 Å². The van der Waals surface area contributed by atoms with Crippen molar-refractivity contribution in [2.24, 2.45) is 0 Å². The number of rotatable bonds is 4. The van der Waals surface area contributed by atoms with Crippen molar-refractivity contribution in [3.63, 3.8) is 0 Å². The summed E-state index contributed by atoms with van der Waals surface area (Å²) in [7, 11) is 0. The maximum absolute atomic E-state index is 11.9. The van der Waals surface area contributed by atoms with Gasteiger partial charge in [-0.1, -0.05) is 13.8 Å². The molecule has 0 N–H and O–H groups in total. The van der Waals surface area contributed by atoms with Gasteiger partial charge in [0.05, 0.1) is 6.54 Å². The van der Waals surface area contributed by atoms with E-state index in [9.17, 15) is 4.79 Å². The summed E-state index contributed by atoms with van der Waals surface area (Å²) < 4.78 is 5.69. The lowest BCUT2D eigenvalue weighted by atomic mass is 10.0. The Balaban J connectivity index is 1.59. The van der Waals surface area contributed by atoms with Gasteiger partial charge in [-0.25, -0.2) is 0 Å². The lowest BCUT2D eigenvalue weighted by molar-refractivity contribution is -0.130. The maximum Gasteiger partial charge on any atom is 0.230 e. The van der Waals surface area contributed by atoms with Crippen LogP contribution in [0.2, 0.25) is 0 Å². The average molecular weight is 292 g/mol. The van der Waals surface area contributed by atoms with E-state index in [1.165, 1.54) is 0 Å². The van der Waals surface area contributed by atoms with Crippen LogP contribution < -0.4 is 0 Å². The lowest BCUT2D eigenvalue weighted by Gasteiger charge is -2.37. The number of carbonyl (C=O) groups excluding carboxylic acids is 1. The van der Waals surface area contributed by atoms with Gasteiger partial charge in [0.25, 0.3) is 0 Å². The van der Waals surface area contributed by atoms with Gasteiger partial charge in [-0.2, -0.15) is 0 Å². The number of likely N-dealkylation sites (tertiary alicyclic amines) is 2. The molecule has 116 valence electrons. The number of nitrogens with zero attached hydrogens (tertiary/aromatic N) is 4. The zero-order chi connectivity index (χ0) is 14.8. The lowest BCUT2D eigenvalue weighted by Crippen LogP contribution is -2.48. The zero-order valence-corrected chi connectivity index (χ0v) is 12.9. The van der Waals surface area contributed by atoms with Gasteiger partial charge >= 0.3 is 0 Å². The van der Waals surface area contributed by atoms with Crippen molar-refractivity contribution in [2.45, 2.75) is 58.0 Å². The van der Waals surface area contributed by atoms with Crippen molar-refractivity contribution in [3.8, 4) is 0 Å². The van der Waals surface area contributed by atoms with Crippen LogP contribution in [0, 0.1) is 0 Å². The van der Waals surface area contributed by atoms with Crippen LogP contribution in [0.3, 0.4) is 0 Å². The van der Waals surface area contributed by atoms with Crippen LogP contribution in [0.15, 0.2) is 4.42 Å². The molecule has 3 heterocycles.